The zero-order valence-electron chi connectivity index (χ0n) is 9.42. The standard InChI is InChI=1S/C12H17BrN2O/c1-9(2)8-16-6-5-15-12-4-3-10(14)7-11(12)13/h3-4,7,15H,1,5-6,8,14H2,2H3. The Morgan fingerprint density at radius 2 is 2.31 bits per heavy atom. The van der Waals surface area contributed by atoms with Crippen molar-refractivity contribution in [2.75, 3.05) is 30.8 Å². The van der Waals surface area contributed by atoms with Gasteiger partial charge in [-0.1, -0.05) is 12.2 Å². The highest BCUT2D eigenvalue weighted by molar-refractivity contribution is 9.10. The molecular weight excluding hydrogens is 268 g/mol. The number of hydrogen-bond donors (Lipinski definition) is 2. The number of nitrogens with one attached hydrogen (secondary N) is 1. The first kappa shape index (κ1) is 13.1. The van der Waals surface area contributed by atoms with Crippen LogP contribution in [0.3, 0.4) is 0 Å². The lowest BCUT2D eigenvalue weighted by Crippen LogP contribution is -2.10. The SMILES string of the molecule is C=C(C)COCCNc1ccc(N)cc1Br. The minimum Gasteiger partial charge on any atom is -0.399 e. The van der Waals surface area contributed by atoms with Gasteiger partial charge in [-0.25, -0.2) is 0 Å². The second-order valence-corrected chi connectivity index (χ2v) is 4.53. The fraction of sp³-hybridized carbons (Fsp3) is 0.333. The van der Waals surface area contributed by atoms with Crippen molar-refractivity contribution in [3.05, 3.63) is 34.8 Å². The molecule has 4 heteroatoms. The van der Waals surface area contributed by atoms with Crippen LogP contribution in [0, 0.1) is 0 Å². The van der Waals surface area contributed by atoms with Crippen LogP contribution in [0.15, 0.2) is 34.8 Å². The molecule has 0 amide bonds. The number of nitrogen functional groups attached to an aromatic ring is 1. The van der Waals surface area contributed by atoms with Gasteiger partial charge in [-0.2, -0.15) is 0 Å². The van der Waals surface area contributed by atoms with Crippen molar-refractivity contribution in [1.82, 2.24) is 0 Å². The third-order valence-electron chi connectivity index (χ3n) is 1.90. The van der Waals surface area contributed by atoms with E-state index in [1.54, 1.807) is 0 Å². The molecule has 0 aliphatic heterocycles. The van der Waals surface area contributed by atoms with Crippen LogP contribution in [0.2, 0.25) is 0 Å². The quantitative estimate of drug-likeness (QED) is 0.480. The second kappa shape index (κ2) is 6.55. The van der Waals surface area contributed by atoms with Crippen molar-refractivity contribution >= 4 is 27.3 Å². The summed E-state index contributed by atoms with van der Waals surface area (Å²) in [6, 6.07) is 5.68. The van der Waals surface area contributed by atoms with E-state index in [4.69, 9.17) is 10.5 Å². The summed E-state index contributed by atoms with van der Waals surface area (Å²) in [4.78, 5) is 0. The first-order valence-corrected chi connectivity index (χ1v) is 5.90. The van der Waals surface area contributed by atoms with Crippen molar-refractivity contribution < 1.29 is 4.74 Å². The van der Waals surface area contributed by atoms with Crippen molar-refractivity contribution in [2.24, 2.45) is 0 Å². The third-order valence-corrected chi connectivity index (χ3v) is 2.56. The molecule has 0 aromatic heterocycles. The van der Waals surface area contributed by atoms with Gasteiger partial charge in [0.2, 0.25) is 0 Å². The lowest BCUT2D eigenvalue weighted by molar-refractivity contribution is 0.167. The first-order chi connectivity index (χ1) is 7.59. The van der Waals surface area contributed by atoms with Crippen LogP contribution in [0.1, 0.15) is 6.92 Å². The van der Waals surface area contributed by atoms with Gasteiger partial charge in [-0.15, -0.1) is 0 Å². The maximum atomic E-state index is 5.64. The minimum atomic E-state index is 0.616. The smallest absolute Gasteiger partial charge is 0.0672 e. The van der Waals surface area contributed by atoms with Gasteiger partial charge in [0.1, 0.15) is 0 Å². The molecule has 3 nitrogen and oxygen atoms in total. The van der Waals surface area contributed by atoms with Crippen molar-refractivity contribution in [3.8, 4) is 0 Å². The predicted octanol–water partition coefficient (Wildman–Crippen LogP) is 3.04. The third kappa shape index (κ3) is 4.68. The van der Waals surface area contributed by atoms with Crippen LogP contribution in [-0.4, -0.2) is 19.8 Å². The summed E-state index contributed by atoms with van der Waals surface area (Å²) >= 11 is 3.44. The van der Waals surface area contributed by atoms with E-state index in [-0.39, 0.29) is 0 Å². The van der Waals surface area contributed by atoms with Crippen LogP contribution in [-0.2, 0) is 4.74 Å². The average Bonchev–Trinajstić information content (AvgIpc) is 2.20. The number of anilines is 2. The van der Waals surface area contributed by atoms with E-state index < -0.39 is 0 Å². The van der Waals surface area contributed by atoms with E-state index in [9.17, 15) is 0 Å². The van der Waals surface area contributed by atoms with Gasteiger partial charge in [-0.05, 0) is 41.1 Å². The van der Waals surface area contributed by atoms with E-state index in [2.05, 4.69) is 27.8 Å². The van der Waals surface area contributed by atoms with Gasteiger partial charge in [0.25, 0.3) is 0 Å². The topological polar surface area (TPSA) is 47.3 Å². The fourth-order valence-corrected chi connectivity index (χ4v) is 1.72. The summed E-state index contributed by atoms with van der Waals surface area (Å²) < 4.78 is 6.34. The Bertz CT molecular complexity index is 366. The summed E-state index contributed by atoms with van der Waals surface area (Å²) in [5.41, 5.74) is 8.45. The lowest BCUT2D eigenvalue weighted by atomic mass is 10.3. The zero-order valence-corrected chi connectivity index (χ0v) is 11.0. The molecule has 0 saturated heterocycles. The van der Waals surface area contributed by atoms with Crippen LogP contribution in [0.4, 0.5) is 11.4 Å². The molecule has 0 atom stereocenters. The molecule has 0 heterocycles. The largest absolute Gasteiger partial charge is 0.399 e. The predicted molar refractivity (Wildman–Crippen MR) is 72.7 cm³/mol. The van der Waals surface area contributed by atoms with E-state index in [1.165, 1.54) is 0 Å². The average molecular weight is 285 g/mol. The normalized spacial score (nSPS) is 10.1. The molecule has 0 radical (unpaired) electrons. The molecule has 1 aromatic carbocycles. The summed E-state index contributed by atoms with van der Waals surface area (Å²) in [6.45, 7) is 7.75. The second-order valence-electron chi connectivity index (χ2n) is 3.68. The maximum Gasteiger partial charge on any atom is 0.0672 e. The van der Waals surface area contributed by atoms with Gasteiger partial charge in [0.05, 0.1) is 13.2 Å². The van der Waals surface area contributed by atoms with Crippen LogP contribution in [0.25, 0.3) is 0 Å². The lowest BCUT2D eigenvalue weighted by Gasteiger charge is -2.09. The van der Waals surface area contributed by atoms with Crippen LogP contribution >= 0.6 is 15.9 Å². The molecule has 1 aromatic rings. The molecule has 0 bridgehead atoms. The summed E-state index contributed by atoms with van der Waals surface area (Å²) in [6.07, 6.45) is 0. The maximum absolute atomic E-state index is 5.64. The summed E-state index contributed by atoms with van der Waals surface area (Å²) in [5, 5.41) is 3.26. The number of halogens is 1. The van der Waals surface area contributed by atoms with Crippen LogP contribution in [0.5, 0.6) is 0 Å². The van der Waals surface area contributed by atoms with Crippen LogP contribution < -0.4 is 11.1 Å². The number of benzene rings is 1. The summed E-state index contributed by atoms with van der Waals surface area (Å²) in [7, 11) is 0. The summed E-state index contributed by atoms with van der Waals surface area (Å²) in [5.74, 6) is 0. The molecule has 0 unspecified atom stereocenters. The van der Waals surface area contributed by atoms with Gasteiger partial charge < -0.3 is 15.8 Å². The minimum absolute atomic E-state index is 0.616. The molecule has 0 spiro atoms. The van der Waals surface area contributed by atoms with E-state index in [0.29, 0.717) is 13.2 Å². The Hall–Kier alpha value is -1.00. The molecule has 16 heavy (non-hydrogen) atoms. The van der Waals surface area contributed by atoms with Crippen molar-refractivity contribution in [2.45, 2.75) is 6.92 Å². The number of hydrogen-bond acceptors (Lipinski definition) is 3. The monoisotopic (exact) mass is 284 g/mol. The van der Waals surface area contributed by atoms with Gasteiger partial charge in [-0.3, -0.25) is 0 Å². The van der Waals surface area contributed by atoms with E-state index in [1.807, 2.05) is 25.1 Å². The number of nitrogens with two attached hydrogens (primary N) is 1. The van der Waals surface area contributed by atoms with Gasteiger partial charge >= 0.3 is 0 Å². The van der Waals surface area contributed by atoms with E-state index >= 15 is 0 Å². The molecular formula is C12H17BrN2O. The Morgan fingerprint density at radius 3 is 2.94 bits per heavy atom. The molecule has 0 aliphatic rings. The molecule has 0 fully saturated rings. The highest BCUT2D eigenvalue weighted by Crippen LogP contribution is 2.24. The Balaban J connectivity index is 2.29. The Labute approximate surface area is 105 Å². The Kier molecular flexibility index (Phi) is 5.35. The van der Waals surface area contributed by atoms with Gasteiger partial charge in [0, 0.05) is 22.4 Å². The Morgan fingerprint density at radius 1 is 1.56 bits per heavy atom. The molecule has 88 valence electrons. The molecule has 1 rings (SSSR count). The molecule has 0 aliphatic carbocycles. The van der Waals surface area contributed by atoms with Crippen molar-refractivity contribution in [1.29, 1.82) is 0 Å². The van der Waals surface area contributed by atoms with E-state index in [0.717, 1.165) is 28.0 Å². The highest BCUT2D eigenvalue weighted by Gasteiger charge is 1.98. The highest BCUT2D eigenvalue weighted by atomic mass is 79.9. The zero-order chi connectivity index (χ0) is 12.0. The molecule has 3 N–H and O–H groups in total. The first-order valence-electron chi connectivity index (χ1n) is 5.10. The van der Waals surface area contributed by atoms with Crippen molar-refractivity contribution in [3.63, 3.8) is 0 Å². The van der Waals surface area contributed by atoms with Gasteiger partial charge in [0.15, 0.2) is 0 Å². The fourth-order valence-electron chi connectivity index (χ4n) is 1.18. The number of rotatable bonds is 6. The molecule has 0 saturated carbocycles. The number of ether oxygens (including phenoxy) is 1.